The lowest BCUT2D eigenvalue weighted by Crippen LogP contribution is -2.32. The molecule has 132 valence electrons. The largest absolute Gasteiger partial charge is 0.360 e. The maximum atomic E-state index is 12.4. The first-order valence-corrected chi connectivity index (χ1v) is 9.95. The van der Waals surface area contributed by atoms with E-state index in [2.05, 4.69) is 16.4 Å². The molecule has 0 spiro atoms. The molecular weight excluding hydrogens is 356 g/mol. The van der Waals surface area contributed by atoms with Crippen molar-refractivity contribution in [2.75, 3.05) is 12.4 Å². The second-order valence-electron chi connectivity index (χ2n) is 5.75. The summed E-state index contributed by atoms with van der Waals surface area (Å²) in [5.74, 6) is 0. The number of nitrogens with zero attached hydrogens (tertiary/aromatic N) is 3. The Kier molecular flexibility index (Phi) is 5.95. The summed E-state index contributed by atoms with van der Waals surface area (Å²) in [5, 5.41) is 14.8. The standard InChI is InChI=1S/C17H20N4O2S2/c1-12(2)21(4)25(22,23)16-7-5-15(6-8-16)19-10-14(9-18)17-20-13(3)11-24-17/h5-8,10-12,19H,1-4H3/b14-10+. The summed E-state index contributed by atoms with van der Waals surface area (Å²) in [4.78, 5) is 4.51. The highest BCUT2D eigenvalue weighted by Gasteiger charge is 2.22. The Labute approximate surface area is 152 Å². The third kappa shape index (κ3) is 4.45. The van der Waals surface area contributed by atoms with Crippen LogP contribution in [0, 0.1) is 18.3 Å². The molecule has 0 unspecified atom stereocenters. The van der Waals surface area contributed by atoms with Crippen LogP contribution in [0.4, 0.5) is 5.69 Å². The Hall–Kier alpha value is -2.21. The van der Waals surface area contributed by atoms with E-state index in [9.17, 15) is 13.7 Å². The van der Waals surface area contributed by atoms with Crippen LogP contribution in [0.1, 0.15) is 24.5 Å². The summed E-state index contributed by atoms with van der Waals surface area (Å²) < 4.78 is 26.2. The summed E-state index contributed by atoms with van der Waals surface area (Å²) in [6, 6.07) is 8.41. The number of hydrogen-bond donors (Lipinski definition) is 1. The van der Waals surface area contributed by atoms with Crippen molar-refractivity contribution in [1.82, 2.24) is 9.29 Å². The van der Waals surface area contributed by atoms with E-state index in [4.69, 9.17) is 0 Å². The molecule has 0 aliphatic carbocycles. The van der Waals surface area contributed by atoms with Gasteiger partial charge < -0.3 is 5.32 Å². The molecule has 6 nitrogen and oxygen atoms in total. The van der Waals surface area contributed by atoms with Gasteiger partial charge in [-0.3, -0.25) is 0 Å². The Bertz CT molecular complexity index is 907. The van der Waals surface area contributed by atoms with Crippen molar-refractivity contribution < 1.29 is 8.42 Å². The van der Waals surface area contributed by atoms with Crippen LogP contribution in [-0.4, -0.2) is 30.8 Å². The molecular formula is C17H20N4O2S2. The van der Waals surface area contributed by atoms with E-state index in [0.29, 0.717) is 16.3 Å². The fourth-order valence-corrected chi connectivity index (χ4v) is 4.07. The van der Waals surface area contributed by atoms with Gasteiger partial charge in [-0.15, -0.1) is 11.3 Å². The number of thiazole rings is 1. The highest BCUT2D eigenvalue weighted by Crippen LogP contribution is 2.21. The minimum absolute atomic E-state index is 0.120. The molecule has 0 atom stereocenters. The van der Waals surface area contributed by atoms with Crippen LogP contribution in [0.25, 0.3) is 5.57 Å². The second kappa shape index (κ2) is 7.78. The maximum absolute atomic E-state index is 12.4. The van der Waals surface area contributed by atoms with Gasteiger partial charge in [-0.05, 0) is 45.0 Å². The van der Waals surface area contributed by atoms with Crippen LogP contribution in [-0.2, 0) is 10.0 Å². The first kappa shape index (κ1) is 19.1. The highest BCUT2D eigenvalue weighted by molar-refractivity contribution is 7.89. The van der Waals surface area contributed by atoms with Gasteiger partial charge in [0.2, 0.25) is 10.0 Å². The molecule has 1 aromatic heterocycles. The second-order valence-corrected chi connectivity index (χ2v) is 8.60. The van der Waals surface area contributed by atoms with Crippen molar-refractivity contribution in [2.45, 2.75) is 31.7 Å². The van der Waals surface area contributed by atoms with E-state index in [0.717, 1.165) is 5.69 Å². The molecule has 0 aliphatic heterocycles. The van der Waals surface area contributed by atoms with Crippen LogP contribution >= 0.6 is 11.3 Å². The number of sulfonamides is 1. The molecule has 1 aromatic carbocycles. The number of nitriles is 1. The lowest BCUT2D eigenvalue weighted by Gasteiger charge is -2.21. The van der Waals surface area contributed by atoms with Gasteiger partial charge in [0.25, 0.3) is 0 Å². The summed E-state index contributed by atoms with van der Waals surface area (Å²) in [6.07, 6.45) is 1.57. The number of aromatic nitrogens is 1. The van der Waals surface area contributed by atoms with E-state index < -0.39 is 10.0 Å². The van der Waals surface area contributed by atoms with E-state index >= 15 is 0 Å². The van der Waals surface area contributed by atoms with Gasteiger partial charge in [0, 0.05) is 36.1 Å². The van der Waals surface area contributed by atoms with Crippen LogP contribution in [0.2, 0.25) is 0 Å². The molecule has 0 fully saturated rings. The molecule has 0 radical (unpaired) electrons. The zero-order valence-corrected chi connectivity index (χ0v) is 16.1. The van der Waals surface area contributed by atoms with Crippen molar-refractivity contribution in [3.8, 4) is 6.07 Å². The smallest absolute Gasteiger partial charge is 0.243 e. The van der Waals surface area contributed by atoms with E-state index in [1.807, 2.05) is 26.2 Å². The van der Waals surface area contributed by atoms with Crippen molar-refractivity contribution in [3.05, 3.63) is 46.5 Å². The molecule has 2 aromatic rings. The summed E-state index contributed by atoms with van der Waals surface area (Å²) >= 11 is 1.40. The zero-order valence-electron chi connectivity index (χ0n) is 14.5. The maximum Gasteiger partial charge on any atom is 0.243 e. The first-order chi connectivity index (χ1) is 11.8. The van der Waals surface area contributed by atoms with Crippen LogP contribution in [0.15, 0.2) is 40.7 Å². The van der Waals surface area contributed by atoms with E-state index in [-0.39, 0.29) is 10.9 Å². The van der Waals surface area contributed by atoms with Gasteiger partial charge in [-0.1, -0.05) is 0 Å². The fourth-order valence-electron chi connectivity index (χ4n) is 1.94. The predicted molar refractivity (Wildman–Crippen MR) is 101 cm³/mol. The van der Waals surface area contributed by atoms with Gasteiger partial charge in [-0.25, -0.2) is 13.4 Å². The molecule has 25 heavy (non-hydrogen) atoms. The molecule has 1 N–H and O–H groups in total. The number of rotatable bonds is 6. The quantitative estimate of drug-likeness (QED) is 0.780. The monoisotopic (exact) mass is 376 g/mol. The minimum Gasteiger partial charge on any atom is -0.360 e. The molecule has 0 saturated carbocycles. The number of aryl methyl sites for hydroxylation is 1. The molecule has 0 saturated heterocycles. The number of hydrogen-bond acceptors (Lipinski definition) is 6. The molecule has 1 heterocycles. The van der Waals surface area contributed by atoms with E-state index in [1.54, 1.807) is 37.5 Å². The van der Waals surface area contributed by atoms with Crippen LogP contribution < -0.4 is 5.32 Å². The number of benzene rings is 1. The SMILES string of the molecule is Cc1csc(/C(C#N)=C/Nc2ccc(S(=O)(=O)N(C)C(C)C)cc2)n1. The third-order valence-corrected chi connectivity index (χ3v) is 6.65. The van der Waals surface area contributed by atoms with Crippen molar-refractivity contribution in [2.24, 2.45) is 0 Å². The van der Waals surface area contributed by atoms with Gasteiger partial charge >= 0.3 is 0 Å². The zero-order chi connectivity index (χ0) is 18.6. The number of anilines is 1. The van der Waals surface area contributed by atoms with Crippen molar-refractivity contribution in [3.63, 3.8) is 0 Å². The third-order valence-electron chi connectivity index (χ3n) is 3.61. The van der Waals surface area contributed by atoms with Crippen molar-refractivity contribution in [1.29, 1.82) is 5.26 Å². The fraction of sp³-hybridized carbons (Fsp3) is 0.294. The summed E-state index contributed by atoms with van der Waals surface area (Å²) in [5.41, 5.74) is 1.98. The Morgan fingerprint density at radius 2 is 2.00 bits per heavy atom. The Morgan fingerprint density at radius 1 is 1.36 bits per heavy atom. The topological polar surface area (TPSA) is 86.1 Å². The normalized spacial score (nSPS) is 12.4. The molecule has 8 heteroatoms. The van der Waals surface area contributed by atoms with Crippen LogP contribution in [0.3, 0.4) is 0 Å². The van der Waals surface area contributed by atoms with Crippen LogP contribution in [0.5, 0.6) is 0 Å². The molecule has 0 amide bonds. The predicted octanol–water partition coefficient (Wildman–Crippen LogP) is 3.46. The first-order valence-electron chi connectivity index (χ1n) is 7.63. The van der Waals surface area contributed by atoms with Gasteiger partial charge in [-0.2, -0.15) is 9.57 Å². The van der Waals surface area contributed by atoms with Gasteiger partial charge in [0.15, 0.2) is 0 Å². The van der Waals surface area contributed by atoms with E-state index in [1.165, 1.54) is 15.6 Å². The number of allylic oxidation sites excluding steroid dienone is 1. The molecule has 0 aliphatic rings. The van der Waals surface area contributed by atoms with Gasteiger partial charge in [0.1, 0.15) is 16.6 Å². The lowest BCUT2D eigenvalue weighted by molar-refractivity contribution is 0.410. The molecule has 0 bridgehead atoms. The summed E-state index contributed by atoms with van der Waals surface area (Å²) in [7, 11) is -1.94. The Balaban J connectivity index is 2.18. The van der Waals surface area contributed by atoms with Crippen molar-refractivity contribution >= 4 is 32.6 Å². The average molecular weight is 377 g/mol. The average Bonchev–Trinajstić information content (AvgIpc) is 3.01. The lowest BCUT2D eigenvalue weighted by atomic mass is 10.3. The Morgan fingerprint density at radius 3 is 2.48 bits per heavy atom. The van der Waals surface area contributed by atoms with Gasteiger partial charge in [0.05, 0.1) is 4.90 Å². The summed E-state index contributed by atoms with van der Waals surface area (Å²) in [6.45, 7) is 5.51. The molecule has 2 rings (SSSR count). The highest BCUT2D eigenvalue weighted by atomic mass is 32.2. The number of nitrogens with one attached hydrogen (secondary N) is 1. The minimum atomic E-state index is -3.50.